The lowest BCUT2D eigenvalue weighted by Crippen LogP contribution is -2.18. The van der Waals surface area contributed by atoms with Crippen molar-refractivity contribution < 1.29 is 54.7 Å². The number of hydrogen-bond donors (Lipinski definition) is 5. The summed E-state index contributed by atoms with van der Waals surface area (Å²) in [7, 11) is -15.7. The Morgan fingerprint density at radius 3 is 2.16 bits per heavy atom. The minimum Gasteiger partial charge on any atom is -0.505 e. The van der Waals surface area contributed by atoms with Gasteiger partial charge in [0.25, 0.3) is 10.1 Å². The first-order valence-corrected chi connectivity index (χ1v) is 12.5. The zero-order chi connectivity index (χ0) is 24.3. The van der Waals surface area contributed by atoms with Crippen LogP contribution in [0.2, 0.25) is 0 Å². The van der Waals surface area contributed by atoms with Crippen molar-refractivity contribution in [3.8, 4) is 5.75 Å². The van der Waals surface area contributed by atoms with E-state index in [1.54, 1.807) is 18.2 Å². The summed E-state index contributed by atoms with van der Waals surface area (Å²) in [6.07, 6.45) is 0. The van der Waals surface area contributed by atoms with E-state index in [1.807, 2.05) is 0 Å². The lowest BCUT2D eigenvalue weighted by atomic mass is 10.1. The van der Waals surface area contributed by atoms with Crippen LogP contribution in [0, 0.1) is 0 Å². The minimum absolute atomic E-state index is 0.184. The van der Waals surface area contributed by atoms with Gasteiger partial charge >= 0.3 is 23.1 Å². The van der Waals surface area contributed by atoms with Crippen LogP contribution in [0.25, 0.3) is 0 Å². The Morgan fingerprint density at radius 2 is 1.66 bits per heavy atom. The topological polar surface area (TPSA) is 250 Å². The molecule has 2 rings (SSSR count). The summed E-state index contributed by atoms with van der Waals surface area (Å²) in [5.74, 6) is -3.64. The SMILES string of the molecule is O=C(c1c(O)c(CS(=O)(=O)O)nc(N=Nc2ccccc2)c1COP(=O)(O)O)S(=O)(=O)O. The number of aromatic hydroxyl groups is 1. The largest absolute Gasteiger partial charge is 0.505 e. The first-order valence-electron chi connectivity index (χ1n) is 7.97. The van der Waals surface area contributed by atoms with Crippen molar-refractivity contribution in [3.63, 3.8) is 0 Å². The fraction of sp³-hybridized carbons (Fsp3) is 0.143. The van der Waals surface area contributed by atoms with E-state index in [0.717, 1.165) is 0 Å². The number of phosphoric ester groups is 1. The molecule has 0 aliphatic carbocycles. The van der Waals surface area contributed by atoms with Crippen molar-refractivity contribution in [2.45, 2.75) is 12.4 Å². The summed E-state index contributed by atoms with van der Waals surface area (Å²) in [6.45, 7) is -1.27. The van der Waals surface area contributed by atoms with Gasteiger partial charge in [-0.1, -0.05) is 18.2 Å². The van der Waals surface area contributed by atoms with Crippen LogP contribution in [-0.4, -0.2) is 50.9 Å². The predicted molar refractivity (Wildman–Crippen MR) is 104 cm³/mol. The maximum absolute atomic E-state index is 12.2. The summed E-state index contributed by atoms with van der Waals surface area (Å²) < 4.78 is 78.7. The number of nitrogens with zero attached hydrogens (tertiary/aromatic N) is 3. The maximum atomic E-state index is 12.2. The molecule has 0 aliphatic heterocycles. The fourth-order valence-electron chi connectivity index (χ4n) is 2.24. The van der Waals surface area contributed by atoms with Crippen LogP contribution >= 0.6 is 7.82 Å². The van der Waals surface area contributed by atoms with Gasteiger partial charge in [-0.3, -0.25) is 18.4 Å². The van der Waals surface area contributed by atoms with Gasteiger partial charge in [-0.2, -0.15) is 16.8 Å². The molecule has 1 aromatic carbocycles. The van der Waals surface area contributed by atoms with Crippen LogP contribution in [0.3, 0.4) is 0 Å². The zero-order valence-electron chi connectivity index (χ0n) is 15.5. The molecule has 0 unspecified atom stereocenters. The molecule has 18 heteroatoms. The van der Waals surface area contributed by atoms with Crippen LogP contribution < -0.4 is 0 Å². The molecular formula is C14H14N3O12PS2. The van der Waals surface area contributed by atoms with E-state index < -0.39 is 73.9 Å². The number of pyridine rings is 1. The molecule has 32 heavy (non-hydrogen) atoms. The highest BCUT2D eigenvalue weighted by molar-refractivity contribution is 8.01. The van der Waals surface area contributed by atoms with E-state index >= 15 is 0 Å². The van der Waals surface area contributed by atoms with Gasteiger partial charge in [0.05, 0.1) is 17.9 Å². The number of aromatic nitrogens is 1. The van der Waals surface area contributed by atoms with E-state index in [4.69, 9.17) is 18.9 Å². The first kappa shape index (κ1) is 25.6. The number of benzene rings is 1. The summed E-state index contributed by atoms with van der Waals surface area (Å²) in [5.41, 5.74) is -2.98. The molecule has 1 heterocycles. The summed E-state index contributed by atoms with van der Waals surface area (Å²) in [4.78, 5) is 33.7. The van der Waals surface area contributed by atoms with Crippen LogP contribution in [0.15, 0.2) is 40.6 Å². The second kappa shape index (κ2) is 9.47. The van der Waals surface area contributed by atoms with Gasteiger partial charge in [-0.05, 0) is 12.1 Å². The standard InChI is InChI=1S/C14H14N3O12PS2/c18-12-10(7-31(23,24)25)15-13(17-16-8-4-2-1-3-5-8)9(6-29-30(20,21)22)11(12)14(19)32(26,27)28/h1-5,18H,6-7H2,(H2,20,21,22)(H,23,24,25)(H,26,27,28). The van der Waals surface area contributed by atoms with Crippen molar-refractivity contribution in [2.24, 2.45) is 10.2 Å². The van der Waals surface area contributed by atoms with Gasteiger partial charge in [0.15, 0.2) is 11.6 Å². The number of carbonyl (C=O) groups is 1. The molecule has 0 radical (unpaired) electrons. The number of carbonyl (C=O) groups excluding carboxylic acids is 1. The van der Waals surface area contributed by atoms with E-state index in [-0.39, 0.29) is 5.69 Å². The number of hydrogen-bond acceptors (Lipinski definition) is 11. The lowest BCUT2D eigenvalue weighted by Gasteiger charge is -2.15. The molecule has 2 aromatic rings. The Kier molecular flexibility index (Phi) is 7.59. The van der Waals surface area contributed by atoms with E-state index in [1.165, 1.54) is 12.1 Å². The number of phosphoric acid groups is 1. The molecule has 0 saturated heterocycles. The molecule has 0 fully saturated rings. The predicted octanol–water partition coefficient (Wildman–Crippen LogP) is 1.23. The third-order valence-electron chi connectivity index (χ3n) is 3.47. The van der Waals surface area contributed by atoms with Gasteiger partial charge in [0, 0.05) is 5.56 Å². The second-order valence-corrected chi connectivity index (χ2v) is 9.89. The Hall–Kier alpha value is -2.63. The molecule has 0 aliphatic rings. The number of rotatable bonds is 8. The van der Waals surface area contributed by atoms with Gasteiger partial charge in [0.1, 0.15) is 11.4 Å². The number of azo groups is 1. The van der Waals surface area contributed by atoms with Gasteiger partial charge < -0.3 is 14.9 Å². The molecule has 174 valence electrons. The van der Waals surface area contributed by atoms with Crippen LogP contribution in [0.1, 0.15) is 21.6 Å². The van der Waals surface area contributed by atoms with Crippen LogP contribution in [0.4, 0.5) is 11.5 Å². The van der Waals surface area contributed by atoms with E-state index in [0.29, 0.717) is 0 Å². The molecule has 0 amide bonds. The smallest absolute Gasteiger partial charge is 0.469 e. The van der Waals surface area contributed by atoms with Crippen molar-refractivity contribution in [3.05, 3.63) is 47.2 Å². The molecule has 0 atom stereocenters. The van der Waals surface area contributed by atoms with E-state index in [2.05, 4.69) is 19.7 Å². The monoisotopic (exact) mass is 511 g/mol. The third kappa shape index (κ3) is 7.21. The van der Waals surface area contributed by atoms with Crippen molar-refractivity contribution >= 4 is 44.7 Å². The molecule has 5 N–H and O–H groups in total. The summed E-state index contributed by atoms with van der Waals surface area (Å²) in [6, 6.07) is 7.61. The highest BCUT2D eigenvalue weighted by Crippen LogP contribution is 2.41. The van der Waals surface area contributed by atoms with Gasteiger partial charge in [-0.25, -0.2) is 9.55 Å². The first-order chi connectivity index (χ1) is 14.6. The third-order valence-corrected chi connectivity index (χ3v) is 5.25. The molecule has 15 nitrogen and oxygen atoms in total. The maximum Gasteiger partial charge on any atom is 0.469 e. The quantitative estimate of drug-likeness (QED) is 0.190. The average Bonchev–Trinajstić information content (AvgIpc) is 2.64. The molecular weight excluding hydrogens is 497 g/mol. The Labute approximate surface area is 180 Å². The van der Waals surface area contributed by atoms with E-state index in [9.17, 15) is 31.3 Å². The van der Waals surface area contributed by atoms with Crippen molar-refractivity contribution in [1.82, 2.24) is 4.98 Å². The average molecular weight is 511 g/mol. The minimum atomic E-state index is -5.56. The van der Waals surface area contributed by atoms with Gasteiger partial charge in [-0.15, -0.1) is 10.2 Å². The van der Waals surface area contributed by atoms with Crippen LogP contribution in [-0.2, 0) is 41.7 Å². The highest BCUT2D eigenvalue weighted by Gasteiger charge is 2.33. The zero-order valence-corrected chi connectivity index (χ0v) is 18.0. The Bertz CT molecular complexity index is 1320. The molecule has 1 aromatic heterocycles. The normalized spacial score (nSPS) is 12.9. The Morgan fingerprint density at radius 1 is 1.06 bits per heavy atom. The molecule has 0 saturated carbocycles. The molecule has 0 bridgehead atoms. The highest BCUT2D eigenvalue weighted by atomic mass is 32.2. The molecule has 0 spiro atoms. The van der Waals surface area contributed by atoms with Gasteiger partial charge in [0.2, 0.25) is 0 Å². The second-order valence-electron chi connectivity index (χ2n) is 5.87. The fourth-order valence-corrected chi connectivity index (χ4v) is 3.56. The Balaban J connectivity index is 2.84. The summed E-state index contributed by atoms with van der Waals surface area (Å²) in [5, 5.41) is 15.4. The van der Waals surface area contributed by atoms with Crippen LogP contribution in [0.5, 0.6) is 5.75 Å². The van der Waals surface area contributed by atoms with Crippen molar-refractivity contribution in [2.75, 3.05) is 0 Å². The lowest BCUT2D eigenvalue weighted by molar-refractivity contribution is 0.105. The summed E-state index contributed by atoms with van der Waals surface area (Å²) >= 11 is 0. The van der Waals surface area contributed by atoms with Crippen molar-refractivity contribution in [1.29, 1.82) is 0 Å².